The van der Waals surface area contributed by atoms with Gasteiger partial charge in [-0.25, -0.2) is 9.78 Å². The molecule has 9 nitrogen and oxygen atoms in total. The largest absolute Gasteiger partial charge is 0.489 e. The first-order valence-corrected chi connectivity index (χ1v) is 15.6. The lowest BCUT2D eigenvalue weighted by molar-refractivity contribution is -0.164. The van der Waals surface area contributed by atoms with E-state index in [1.54, 1.807) is 0 Å². The number of nitrogens with zero attached hydrogens (tertiary/aromatic N) is 4. The SMILES string of the molecule is COC(=O)[C@@H](OC(C)(C)C)c1c(C)nc2cc3nn2c1N1CCC(C)(CC1)OCC=CCOc1ccccc1-c1cccc-3c1. The summed E-state index contributed by atoms with van der Waals surface area (Å²) < 4.78 is 26.1. The normalized spacial score (nSPS) is 17.2. The van der Waals surface area contributed by atoms with Crippen molar-refractivity contribution in [2.75, 3.05) is 38.3 Å². The quantitative estimate of drug-likeness (QED) is 0.187. The van der Waals surface area contributed by atoms with Gasteiger partial charge in [0, 0.05) is 36.0 Å². The summed E-state index contributed by atoms with van der Waals surface area (Å²) in [6, 6.07) is 18.3. The number of esters is 1. The second kappa shape index (κ2) is 12.3. The van der Waals surface area contributed by atoms with Crippen LogP contribution in [0.15, 0.2) is 66.7 Å². The van der Waals surface area contributed by atoms with Gasteiger partial charge in [-0.1, -0.05) is 42.5 Å². The molecule has 1 atom stereocenters. The van der Waals surface area contributed by atoms with Crippen molar-refractivity contribution in [2.45, 2.75) is 64.8 Å². The minimum absolute atomic E-state index is 0.295. The van der Waals surface area contributed by atoms with Crippen molar-refractivity contribution < 1.29 is 23.7 Å². The highest BCUT2D eigenvalue weighted by molar-refractivity contribution is 5.81. The molecule has 45 heavy (non-hydrogen) atoms. The van der Waals surface area contributed by atoms with Crippen LogP contribution in [0, 0.1) is 6.92 Å². The zero-order valence-electron chi connectivity index (χ0n) is 27.0. The van der Waals surface area contributed by atoms with E-state index < -0.39 is 17.7 Å². The number of hydrogen-bond acceptors (Lipinski definition) is 8. The molecule has 2 aromatic carbocycles. The predicted molar refractivity (Wildman–Crippen MR) is 175 cm³/mol. The average molecular weight is 611 g/mol. The average Bonchev–Trinajstić information content (AvgIpc) is 3.44. The number of hydrogen-bond donors (Lipinski definition) is 0. The van der Waals surface area contributed by atoms with Crippen molar-refractivity contribution in [1.82, 2.24) is 14.6 Å². The fourth-order valence-electron chi connectivity index (χ4n) is 6.09. The Morgan fingerprint density at radius 3 is 2.49 bits per heavy atom. The highest BCUT2D eigenvalue weighted by Gasteiger charge is 2.38. The van der Waals surface area contributed by atoms with Crippen LogP contribution in [0.4, 0.5) is 5.82 Å². The third-order valence-corrected chi connectivity index (χ3v) is 8.46. The number of anilines is 1. The molecule has 9 heteroatoms. The Balaban J connectivity index is 1.56. The molecule has 0 radical (unpaired) electrons. The Hall–Kier alpha value is -4.21. The van der Waals surface area contributed by atoms with Gasteiger partial charge in [0.2, 0.25) is 0 Å². The molecule has 1 saturated heterocycles. The number of carbonyl (C=O) groups excluding carboxylic acids is 1. The van der Waals surface area contributed by atoms with E-state index >= 15 is 0 Å². The van der Waals surface area contributed by atoms with Gasteiger partial charge in [0.1, 0.15) is 18.2 Å². The van der Waals surface area contributed by atoms with E-state index in [1.165, 1.54) is 7.11 Å². The van der Waals surface area contributed by atoms with Crippen molar-refractivity contribution in [1.29, 1.82) is 0 Å². The van der Waals surface area contributed by atoms with Crippen molar-refractivity contribution in [3.8, 4) is 28.1 Å². The van der Waals surface area contributed by atoms with Gasteiger partial charge >= 0.3 is 5.97 Å². The lowest BCUT2D eigenvalue weighted by atomic mass is 9.92. The Morgan fingerprint density at radius 2 is 1.73 bits per heavy atom. The molecule has 4 aromatic rings. The molecule has 0 amide bonds. The molecule has 3 aliphatic rings. The molecule has 0 N–H and O–H groups in total. The molecule has 2 aromatic heterocycles. The summed E-state index contributed by atoms with van der Waals surface area (Å²) >= 11 is 0. The van der Waals surface area contributed by atoms with Crippen LogP contribution < -0.4 is 9.64 Å². The van der Waals surface area contributed by atoms with Gasteiger partial charge in [-0.3, -0.25) is 0 Å². The zero-order valence-corrected chi connectivity index (χ0v) is 27.0. The topological polar surface area (TPSA) is 87.4 Å². The van der Waals surface area contributed by atoms with Gasteiger partial charge in [0.05, 0.1) is 36.2 Å². The van der Waals surface area contributed by atoms with Crippen LogP contribution in [0.25, 0.3) is 28.0 Å². The molecule has 0 aliphatic carbocycles. The number of para-hydroxylation sites is 1. The van der Waals surface area contributed by atoms with Crippen LogP contribution in [0.1, 0.15) is 57.9 Å². The van der Waals surface area contributed by atoms with Crippen LogP contribution in [0.5, 0.6) is 5.75 Å². The van der Waals surface area contributed by atoms with E-state index in [-0.39, 0.29) is 5.60 Å². The second-order valence-electron chi connectivity index (χ2n) is 13.0. The van der Waals surface area contributed by atoms with E-state index in [1.807, 2.05) is 74.7 Å². The molecule has 5 heterocycles. The minimum atomic E-state index is -0.981. The molecular weight excluding hydrogens is 568 g/mol. The standard InChI is InChI=1S/C36H42N4O5/c1-24-31(32(34(41)42-6)45-35(2,3)4)33-39-18-16-36(5,17-19-39)44-21-10-9-20-43-29-15-8-7-14-27(29)25-12-11-13-26(22-25)28-23-30(37-24)40(33)38-28/h7-15,22-23,32H,16-21H2,1-6H3/t32-/m0/s1. The lowest BCUT2D eigenvalue weighted by Crippen LogP contribution is -2.45. The van der Waals surface area contributed by atoms with E-state index in [2.05, 4.69) is 36.1 Å². The summed E-state index contributed by atoms with van der Waals surface area (Å²) in [4.78, 5) is 20.6. The first kappa shape index (κ1) is 30.8. The van der Waals surface area contributed by atoms with E-state index in [4.69, 9.17) is 29.0 Å². The number of aryl methyl sites for hydroxylation is 1. The van der Waals surface area contributed by atoms with E-state index in [9.17, 15) is 4.79 Å². The summed E-state index contributed by atoms with van der Waals surface area (Å²) in [5.74, 6) is 1.13. The number of carbonyl (C=O) groups is 1. The smallest absolute Gasteiger partial charge is 0.339 e. The second-order valence-corrected chi connectivity index (χ2v) is 13.0. The fraction of sp³-hybridized carbons (Fsp3) is 0.417. The maximum Gasteiger partial charge on any atom is 0.339 e. The Labute approximate surface area is 264 Å². The maximum absolute atomic E-state index is 13.3. The number of methoxy groups -OCH3 is 1. The number of ether oxygens (including phenoxy) is 4. The third kappa shape index (κ3) is 6.46. The minimum Gasteiger partial charge on any atom is -0.489 e. The predicted octanol–water partition coefficient (Wildman–Crippen LogP) is 6.73. The monoisotopic (exact) mass is 610 g/mol. The molecular formula is C36H42N4O5. The Morgan fingerprint density at radius 1 is 1.00 bits per heavy atom. The number of benzene rings is 2. The summed E-state index contributed by atoms with van der Waals surface area (Å²) in [5, 5.41) is 5.13. The van der Waals surface area contributed by atoms with Crippen molar-refractivity contribution in [2.24, 2.45) is 0 Å². The van der Waals surface area contributed by atoms with Crippen LogP contribution in [-0.4, -0.2) is 65.2 Å². The third-order valence-electron chi connectivity index (χ3n) is 8.46. The number of fused-ring (bicyclic) bond motifs is 6. The number of piperidine rings is 1. The first-order chi connectivity index (χ1) is 21.5. The zero-order chi connectivity index (χ0) is 31.8. The fourth-order valence-corrected chi connectivity index (χ4v) is 6.09. The number of rotatable bonds is 3. The molecule has 236 valence electrons. The maximum atomic E-state index is 13.3. The Kier molecular flexibility index (Phi) is 8.41. The molecule has 6 bridgehead atoms. The van der Waals surface area contributed by atoms with Crippen molar-refractivity contribution in [3.63, 3.8) is 0 Å². The van der Waals surface area contributed by atoms with Crippen molar-refractivity contribution in [3.05, 3.63) is 78.0 Å². The highest BCUT2D eigenvalue weighted by Crippen LogP contribution is 2.39. The van der Waals surface area contributed by atoms with Crippen molar-refractivity contribution >= 4 is 17.4 Å². The Bertz CT molecular complexity index is 1730. The van der Waals surface area contributed by atoms with Gasteiger partial charge in [-0.2, -0.15) is 9.61 Å². The number of aromatic nitrogens is 3. The van der Waals surface area contributed by atoms with Crippen LogP contribution in [0.3, 0.4) is 0 Å². The lowest BCUT2D eigenvalue weighted by Gasteiger charge is -2.41. The summed E-state index contributed by atoms with van der Waals surface area (Å²) in [5.41, 5.74) is 4.89. The highest BCUT2D eigenvalue weighted by atomic mass is 16.6. The van der Waals surface area contributed by atoms with Gasteiger partial charge in [-0.05, 0) is 71.2 Å². The van der Waals surface area contributed by atoms with Gasteiger partial charge in [0.15, 0.2) is 11.8 Å². The van der Waals surface area contributed by atoms with Crippen LogP contribution >= 0.6 is 0 Å². The molecule has 0 unspecified atom stereocenters. The molecule has 3 aliphatic heterocycles. The molecule has 1 fully saturated rings. The summed E-state index contributed by atoms with van der Waals surface area (Å²) in [6.45, 7) is 12.2. The molecule has 0 saturated carbocycles. The van der Waals surface area contributed by atoms with Crippen LogP contribution in [0.2, 0.25) is 0 Å². The summed E-state index contributed by atoms with van der Waals surface area (Å²) in [6.07, 6.45) is 4.65. The van der Waals surface area contributed by atoms with E-state index in [0.29, 0.717) is 43.2 Å². The first-order valence-electron chi connectivity index (χ1n) is 15.6. The van der Waals surface area contributed by atoms with E-state index in [0.717, 1.165) is 46.8 Å². The summed E-state index contributed by atoms with van der Waals surface area (Å²) in [7, 11) is 1.39. The van der Waals surface area contributed by atoms with Gasteiger partial charge in [-0.15, -0.1) is 0 Å². The molecule has 0 spiro atoms. The van der Waals surface area contributed by atoms with Gasteiger partial charge < -0.3 is 23.8 Å². The molecule has 7 rings (SSSR count). The van der Waals surface area contributed by atoms with Crippen LogP contribution in [-0.2, 0) is 19.0 Å². The van der Waals surface area contributed by atoms with Gasteiger partial charge in [0.25, 0.3) is 0 Å².